The summed E-state index contributed by atoms with van der Waals surface area (Å²) in [4.78, 5) is 11.6. The Morgan fingerprint density at radius 3 is 2.30 bits per heavy atom. The Bertz CT molecular complexity index is 561. The summed E-state index contributed by atoms with van der Waals surface area (Å²) >= 11 is 0. The highest BCUT2D eigenvalue weighted by atomic mass is 16.5. The number of methoxy groups -OCH3 is 1. The van der Waals surface area contributed by atoms with Gasteiger partial charge in [-0.15, -0.1) is 0 Å². The predicted octanol–water partition coefficient (Wildman–Crippen LogP) is 3.75. The van der Waals surface area contributed by atoms with Crippen LogP contribution in [0.3, 0.4) is 0 Å². The first-order valence-electron chi connectivity index (χ1n) is 6.31. The number of benzene rings is 2. The van der Waals surface area contributed by atoms with Crippen LogP contribution in [0.25, 0.3) is 0 Å². The Labute approximate surface area is 118 Å². The monoisotopic (exact) mass is 271 g/mol. The number of hydrogen-bond donors (Lipinski definition) is 1. The van der Waals surface area contributed by atoms with E-state index < -0.39 is 6.09 Å². The van der Waals surface area contributed by atoms with Crippen LogP contribution >= 0.6 is 0 Å². The van der Waals surface area contributed by atoms with Crippen LogP contribution in [0.5, 0.6) is 5.75 Å². The molecular weight excluding hydrogens is 254 g/mol. The fourth-order valence-corrected chi connectivity index (χ4v) is 1.66. The van der Waals surface area contributed by atoms with Gasteiger partial charge in [0, 0.05) is 5.69 Å². The van der Waals surface area contributed by atoms with E-state index in [0.29, 0.717) is 0 Å². The van der Waals surface area contributed by atoms with Crippen molar-refractivity contribution in [2.45, 2.75) is 13.5 Å². The normalized spacial score (nSPS) is 9.90. The molecule has 2 aromatic carbocycles. The van der Waals surface area contributed by atoms with E-state index in [9.17, 15) is 4.79 Å². The minimum Gasteiger partial charge on any atom is -0.497 e. The van der Waals surface area contributed by atoms with Crippen LogP contribution in [0.15, 0.2) is 48.5 Å². The molecule has 1 amide bonds. The van der Waals surface area contributed by atoms with Gasteiger partial charge in [-0.05, 0) is 36.8 Å². The number of nitrogens with one attached hydrogen (secondary N) is 1. The highest BCUT2D eigenvalue weighted by Crippen LogP contribution is 2.13. The molecule has 0 aliphatic heterocycles. The van der Waals surface area contributed by atoms with Gasteiger partial charge in [-0.3, -0.25) is 5.32 Å². The van der Waals surface area contributed by atoms with Gasteiger partial charge >= 0.3 is 6.09 Å². The molecule has 20 heavy (non-hydrogen) atoms. The average molecular weight is 271 g/mol. The van der Waals surface area contributed by atoms with Crippen molar-refractivity contribution < 1.29 is 14.3 Å². The van der Waals surface area contributed by atoms with E-state index in [1.54, 1.807) is 7.11 Å². The largest absolute Gasteiger partial charge is 0.497 e. The molecule has 0 bridgehead atoms. The fraction of sp³-hybridized carbons (Fsp3) is 0.188. The summed E-state index contributed by atoms with van der Waals surface area (Å²) in [5, 5.41) is 2.68. The third kappa shape index (κ3) is 4.02. The lowest BCUT2D eigenvalue weighted by Gasteiger charge is -2.08. The first kappa shape index (κ1) is 13.9. The number of ether oxygens (including phenoxy) is 2. The van der Waals surface area contributed by atoms with Crippen LogP contribution in [0.1, 0.15) is 11.1 Å². The zero-order valence-corrected chi connectivity index (χ0v) is 11.6. The van der Waals surface area contributed by atoms with E-state index >= 15 is 0 Å². The summed E-state index contributed by atoms with van der Waals surface area (Å²) in [6.07, 6.45) is -0.468. The molecule has 0 saturated carbocycles. The highest BCUT2D eigenvalue weighted by molar-refractivity contribution is 5.84. The number of carbonyl (C=O) groups excluding carboxylic acids is 1. The summed E-state index contributed by atoms with van der Waals surface area (Å²) < 4.78 is 10.2. The lowest BCUT2D eigenvalue weighted by atomic mass is 10.2. The summed E-state index contributed by atoms with van der Waals surface area (Å²) in [6.45, 7) is 2.22. The Morgan fingerprint density at radius 2 is 1.70 bits per heavy atom. The Hall–Kier alpha value is -2.49. The lowest BCUT2D eigenvalue weighted by Crippen LogP contribution is -2.13. The van der Waals surface area contributed by atoms with Crippen molar-refractivity contribution in [3.05, 3.63) is 59.7 Å². The minimum atomic E-state index is -0.468. The average Bonchev–Trinajstić information content (AvgIpc) is 2.48. The fourth-order valence-electron chi connectivity index (χ4n) is 1.66. The second kappa shape index (κ2) is 6.61. The molecule has 0 aromatic heterocycles. The van der Waals surface area contributed by atoms with E-state index in [2.05, 4.69) is 5.32 Å². The van der Waals surface area contributed by atoms with Crippen molar-refractivity contribution in [2.24, 2.45) is 0 Å². The number of hydrogen-bond acceptors (Lipinski definition) is 3. The molecule has 0 atom stereocenters. The van der Waals surface area contributed by atoms with Crippen LogP contribution in [-0.2, 0) is 11.3 Å². The predicted molar refractivity (Wildman–Crippen MR) is 78.0 cm³/mol. The number of rotatable bonds is 4. The molecule has 0 saturated heterocycles. The maximum Gasteiger partial charge on any atom is 0.411 e. The van der Waals surface area contributed by atoms with Gasteiger partial charge in [-0.25, -0.2) is 4.79 Å². The summed E-state index contributed by atoms with van der Waals surface area (Å²) in [5.74, 6) is 0.776. The van der Waals surface area contributed by atoms with Gasteiger partial charge in [0.1, 0.15) is 12.4 Å². The molecule has 0 spiro atoms. The molecule has 2 aromatic rings. The minimum absolute atomic E-state index is 0.224. The van der Waals surface area contributed by atoms with E-state index in [1.165, 1.54) is 0 Å². The standard InChI is InChI=1S/C16H17NO3/c1-12-3-7-14(8-4-12)17-16(18)20-11-13-5-9-15(19-2)10-6-13/h3-10H,11H2,1-2H3,(H,17,18). The molecule has 4 heteroatoms. The van der Waals surface area contributed by atoms with Crippen molar-refractivity contribution in [3.8, 4) is 5.75 Å². The quantitative estimate of drug-likeness (QED) is 0.921. The Kier molecular flexibility index (Phi) is 4.60. The zero-order chi connectivity index (χ0) is 14.4. The van der Waals surface area contributed by atoms with E-state index in [1.807, 2.05) is 55.5 Å². The molecule has 0 radical (unpaired) electrons. The van der Waals surface area contributed by atoms with Crippen LogP contribution in [-0.4, -0.2) is 13.2 Å². The molecule has 1 N–H and O–H groups in total. The van der Waals surface area contributed by atoms with Gasteiger partial charge in [-0.2, -0.15) is 0 Å². The number of amides is 1. The van der Waals surface area contributed by atoms with E-state index in [0.717, 1.165) is 22.6 Å². The molecule has 4 nitrogen and oxygen atoms in total. The summed E-state index contributed by atoms with van der Waals surface area (Å²) in [5.41, 5.74) is 2.77. The lowest BCUT2D eigenvalue weighted by molar-refractivity contribution is 0.155. The summed E-state index contributed by atoms with van der Waals surface area (Å²) in [6, 6.07) is 14.9. The molecule has 0 unspecified atom stereocenters. The molecule has 104 valence electrons. The second-order valence-electron chi connectivity index (χ2n) is 4.42. The van der Waals surface area contributed by atoms with Crippen LogP contribution in [0, 0.1) is 6.92 Å². The Balaban J connectivity index is 1.83. The SMILES string of the molecule is COc1ccc(COC(=O)Nc2ccc(C)cc2)cc1. The first-order chi connectivity index (χ1) is 9.67. The van der Waals surface area contributed by atoms with E-state index in [-0.39, 0.29) is 6.61 Å². The van der Waals surface area contributed by atoms with Gasteiger partial charge in [-0.1, -0.05) is 29.8 Å². The molecule has 0 aliphatic carbocycles. The van der Waals surface area contributed by atoms with Gasteiger partial charge in [0.25, 0.3) is 0 Å². The zero-order valence-electron chi connectivity index (χ0n) is 11.6. The number of aryl methyl sites for hydroxylation is 1. The van der Waals surface area contributed by atoms with Gasteiger partial charge in [0.2, 0.25) is 0 Å². The maximum atomic E-state index is 11.6. The second-order valence-corrected chi connectivity index (χ2v) is 4.42. The van der Waals surface area contributed by atoms with Gasteiger partial charge in [0.15, 0.2) is 0 Å². The van der Waals surface area contributed by atoms with Crippen molar-refractivity contribution in [2.75, 3.05) is 12.4 Å². The van der Waals surface area contributed by atoms with Crippen molar-refractivity contribution >= 4 is 11.8 Å². The van der Waals surface area contributed by atoms with E-state index in [4.69, 9.17) is 9.47 Å². The first-order valence-corrected chi connectivity index (χ1v) is 6.31. The third-order valence-corrected chi connectivity index (χ3v) is 2.83. The maximum absolute atomic E-state index is 11.6. The highest BCUT2D eigenvalue weighted by Gasteiger charge is 2.03. The van der Waals surface area contributed by atoms with Gasteiger partial charge in [0.05, 0.1) is 7.11 Å². The molecule has 0 aliphatic rings. The molecule has 0 heterocycles. The topological polar surface area (TPSA) is 47.6 Å². The smallest absolute Gasteiger partial charge is 0.411 e. The number of anilines is 1. The summed E-state index contributed by atoms with van der Waals surface area (Å²) in [7, 11) is 1.61. The molecular formula is C16H17NO3. The number of carbonyl (C=O) groups is 1. The van der Waals surface area contributed by atoms with Crippen molar-refractivity contribution in [1.82, 2.24) is 0 Å². The Morgan fingerprint density at radius 1 is 1.05 bits per heavy atom. The van der Waals surface area contributed by atoms with Crippen molar-refractivity contribution in [3.63, 3.8) is 0 Å². The van der Waals surface area contributed by atoms with Crippen LogP contribution in [0.2, 0.25) is 0 Å². The van der Waals surface area contributed by atoms with Crippen LogP contribution < -0.4 is 10.1 Å². The molecule has 0 fully saturated rings. The molecule has 2 rings (SSSR count). The van der Waals surface area contributed by atoms with Crippen LogP contribution in [0.4, 0.5) is 10.5 Å². The third-order valence-electron chi connectivity index (χ3n) is 2.83. The van der Waals surface area contributed by atoms with Gasteiger partial charge < -0.3 is 9.47 Å². The van der Waals surface area contributed by atoms with Crippen molar-refractivity contribution in [1.29, 1.82) is 0 Å².